The van der Waals surface area contributed by atoms with E-state index in [1.807, 2.05) is 11.7 Å². The Kier molecular flexibility index (Phi) is 4.86. The van der Waals surface area contributed by atoms with Gasteiger partial charge in [-0.05, 0) is 37.6 Å². The number of likely N-dealkylation sites (tertiary alicyclic amines) is 1. The van der Waals surface area contributed by atoms with Crippen LogP contribution in [-0.4, -0.2) is 34.3 Å². The average Bonchev–Trinajstić information content (AvgIpc) is 3.05. The first-order chi connectivity index (χ1) is 9.59. The van der Waals surface area contributed by atoms with Crippen molar-refractivity contribution in [2.75, 3.05) is 19.6 Å². The maximum absolute atomic E-state index is 6.11. The first-order valence-electron chi connectivity index (χ1n) is 8.05. The number of nitrogens with zero attached hydrogens (tertiary/aromatic N) is 3. The summed E-state index contributed by atoms with van der Waals surface area (Å²) in [6.45, 7) is 9.85. The van der Waals surface area contributed by atoms with Crippen molar-refractivity contribution in [1.29, 1.82) is 0 Å². The van der Waals surface area contributed by atoms with Crippen LogP contribution in [0.3, 0.4) is 0 Å². The molecule has 0 saturated carbocycles. The molecule has 1 saturated heterocycles. The lowest BCUT2D eigenvalue weighted by molar-refractivity contribution is 0.197. The van der Waals surface area contributed by atoms with E-state index in [4.69, 9.17) is 5.73 Å². The Balaban J connectivity index is 2.21. The highest BCUT2D eigenvalue weighted by Crippen LogP contribution is 2.40. The van der Waals surface area contributed by atoms with E-state index in [9.17, 15) is 0 Å². The molecule has 1 unspecified atom stereocenters. The van der Waals surface area contributed by atoms with Gasteiger partial charge in [0, 0.05) is 31.9 Å². The molecule has 1 aliphatic rings. The maximum Gasteiger partial charge on any atom is 0.0670 e. The molecule has 1 aliphatic heterocycles. The van der Waals surface area contributed by atoms with E-state index in [0.29, 0.717) is 18.0 Å². The smallest absolute Gasteiger partial charge is 0.0670 e. The second-order valence-corrected chi connectivity index (χ2v) is 6.24. The van der Waals surface area contributed by atoms with Gasteiger partial charge in [-0.1, -0.05) is 20.8 Å². The van der Waals surface area contributed by atoms with Gasteiger partial charge < -0.3 is 5.73 Å². The predicted octanol–water partition coefficient (Wildman–Crippen LogP) is 2.49. The van der Waals surface area contributed by atoms with Crippen LogP contribution in [0.5, 0.6) is 0 Å². The highest BCUT2D eigenvalue weighted by molar-refractivity contribution is 5.22. The molecule has 0 bridgehead atoms. The third-order valence-electron chi connectivity index (χ3n) is 5.26. The molecule has 1 atom stereocenters. The van der Waals surface area contributed by atoms with Crippen LogP contribution in [0.15, 0.2) is 6.20 Å². The second kappa shape index (κ2) is 6.27. The molecule has 114 valence electrons. The van der Waals surface area contributed by atoms with Crippen molar-refractivity contribution in [3.05, 3.63) is 17.5 Å². The van der Waals surface area contributed by atoms with E-state index in [-0.39, 0.29) is 0 Å². The van der Waals surface area contributed by atoms with Gasteiger partial charge in [0.15, 0.2) is 0 Å². The summed E-state index contributed by atoms with van der Waals surface area (Å²) in [7, 11) is 2.00. The molecule has 1 fully saturated rings. The predicted molar refractivity (Wildman–Crippen MR) is 83.6 cm³/mol. The van der Waals surface area contributed by atoms with Gasteiger partial charge in [0.2, 0.25) is 0 Å². The van der Waals surface area contributed by atoms with E-state index in [2.05, 4.69) is 37.0 Å². The zero-order valence-electron chi connectivity index (χ0n) is 13.5. The summed E-state index contributed by atoms with van der Waals surface area (Å²) in [5, 5.41) is 4.58. The number of nitrogens with two attached hydrogens (primary N) is 1. The summed E-state index contributed by atoms with van der Waals surface area (Å²) >= 11 is 0. The van der Waals surface area contributed by atoms with E-state index in [0.717, 1.165) is 6.42 Å². The first-order valence-corrected chi connectivity index (χ1v) is 8.05. The number of aromatic nitrogens is 2. The third-order valence-corrected chi connectivity index (χ3v) is 5.26. The maximum atomic E-state index is 6.11. The molecule has 0 radical (unpaired) electrons. The van der Waals surface area contributed by atoms with Crippen LogP contribution in [0.2, 0.25) is 0 Å². The van der Waals surface area contributed by atoms with Crippen LogP contribution in [0.1, 0.15) is 57.3 Å². The largest absolute Gasteiger partial charge is 0.329 e. The van der Waals surface area contributed by atoms with E-state index >= 15 is 0 Å². The number of aryl methyl sites for hydroxylation is 2. The zero-order chi connectivity index (χ0) is 14.8. The van der Waals surface area contributed by atoms with Gasteiger partial charge >= 0.3 is 0 Å². The molecule has 0 amide bonds. The second-order valence-electron chi connectivity index (χ2n) is 6.24. The zero-order valence-corrected chi connectivity index (χ0v) is 13.5. The van der Waals surface area contributed by atoms with Crippen LogP contribution in [-0.2, 0) is 13.5 Å². The lowest BCUT2D eigenvalue weighted by Crippen LogP contribution is -2.34. The molecule has 0 aromatic carbocycles. The Morgan fingerprint density at radius 3 is 2.55 bits per heavy atom. The van der Waals surface area contributed by atoms with E-state index < -0.39 is 0 Å². The Labute approximate surface area is 123 Å². The molecule has 2 N–H and O–H groups in total. The van der Waals surface area contributed by atoms with Gasteiger partial charge in [0.1, 0.15) is 0 Å². The van der Waals surface area contributed by atoms with Crippen molar-refractivity contribution in [2.45, 2.75) is 52.5 Å². The Bertz CT molecular complexity index is 434. The molecular formula is C16H30N4. The molecule has 1 aromatic heterocycles. The van der Waals surface area contributed by atoms with Crippen LogP contribution in [0.4, 0.5) is 0 Å². The minimum absolute atomic E-state index is 0.332. The molecule has 0 aliphatic carbocycles. The summed E-state index contributed by atoms with van der Waals surface area (Å²) in [5.41, 5.74) is 9.15. The van der Waals surface area contributed by atoms with Crippen molar-refractivity contribution >= 4 is 0 Å². The summed E-state index contributed by atoms with van der Waals surface area (Å²) in [4.78, 5) is 2.59. The lowest BCUT2D eigenvalue weighted by atomic mass is 9.82. The normalized spacial score (nSPS) is 20.4. The molecule has 1 aromatic rings. The Morgan fingerprint density at radius 1 is 1.35 bits per heavy atom. The minimum Gasteiger partial charge on any atom is -0.329 e. The van der Waals surface area contributed by atoms with Gasteiger partial charge in [-0.3, -0.25) is 9.58 Å². The quantitative estimate of drug-likeness (QED) is 0.869. The summed E-state index contributed by atoms with van der Waals surface area (Å²) < 4.78 is 1.93. The van der Waals surface area contributed by atoms with E-state index in [1.54, 1.807) is 0 Å². The van der Waals surface area contributed by atoms with Crippen LogP contribution >= 0.6 is 0 Å². The summed E-state index contributed by atoms with van der Waals surface area (Å²) in [6, 6.07) is 0.332. The highest BCUT2D eigenvalue weighted by Gasteiger charge is 2.38. The average molecular weight is 278 g/mol. The van der Waals surface area contributed by atoms with Crippen LogP contribution in [0, 0.1) is 5.41 Å². The van der Waals surface area contributed by atoms with Gasteiger partial charge in [-0.2, -0.15) is 5.10 Å². The van der Waals surface area contributed by atoms with E-state index in [1.165, 1.54) is 43.6 Å². The lowest BCUT2D eigenvalue weighted by Gasteiger charge is -2.30. The number of hydrogen-bond donors (Lipinski definition) is 1. The van der Waals surface area contributed by atoms with Crippen molar-refractivity contribution in [3.63, 3.8) is 0 Å². The van der Waals surface area contributed by atoms with Crippen molar-refractivity contribution in [2.24, 2.45) is 18.2 Å². The van der Waals surface area contributed by atoms with Gasteiger partial charge in [0.25, 0.3) is 0 Å². The van der Waals surface area contributed by atoms with Gasteiger partial charge in [-0.25, -0.2) is 0 Å². The Morgan fingerprint density at radius 2 is 2.05 bits per heavy atom. The standard InChI is InChI=1S/C16H30N4/c1-5-14-13(11-19(4)18-14)15(10-17)20-9-8-16(6-2,7-3)12-20/h11,15H,5-10,12,17H2,1-4H3. The van der Waals surface area contributed by atoms with Crippen molar-refractivity contribution in [1.82, 2.24) is 14.7 Å². The fourth-order valence-electron chi connectivity index (χ4n) is 3.64. The van der Waals surface area contributed by atoms with Crippen LogP contribution in [0.25, 0.3) is 0 Å². The summed E-state index contributed by atoms with van der Waals surface area (Å²) in [5.74, 6) is 0. The highest BCUT2D eigenvalue weighted by atomic mass is 15.3. The molecule has 2 heterocycles. The van der Waals surface area contributed by atoms with Crippen molar-refractivity contribution in [3.8, 4) is 0 Å². The van der Waals surface area contributed by atoms with Gasteiger partial charge in [-0.15, -0.1) is 0 Å². The fraction of sp³-hybridized carbons (Fsp3) is 0.812. The molecule has 20 heavy (non-hydrogen) atoms. The Hall–Kier alpha value is -0.870. The number of rotatable bonds is 6. The molecule has 0 spiro atoms. The molecular weight excluding hydrogens is 248 g/mol. The molecule has 4 nitrogen and oxygen atoms in total. The topological polar surface area (TPSA) is 47.1 Å². The SMILES string of the molecule is CCc1nn(C)cc1C(CN)N1CCC(CC)(CC)C1. The summed E-state index contributed by atoms with van der Waals surface area (Å²) in [6.07, 6.45) is 6.98. The number of hydrogen-bond acceptors (Lipinski definition) is 3. The monoisotopic (exact) mass is 278 g/mol. The first kappa shape index (κ1) is 15.5. The molecule has 4 heteroatoms. The third kappa shape index (κ3) is 2.77. The van der Waals surface area contributed by atoms with Gasteiger partial charge in [0.05, 0.1) is 11.7 Å². The molecule has 2 rings (SSSR count). The fourth-order valence-corrected chi connectivity index (χ4v) is 3.64. The van der Waals surface area contributed by atoms with Crippen molar-refractivity contribution < 1.29 is 0 Å². The van der Waals surface area contributed by atoms with Crippen LogP contribution < -0.4 is 5.73 Å². The minimum atomic E-state index is 0.332.